The van der Waals surface area contributed by atoms with Crippen molar-refractivity contribution < 1.29 is 4.79 Å². The molecule has 0 rings (SSSR count). The Morgan fingerprint density at radius 3 is 2.55 bits per heavy atom. The molecule has 0 aromatic rings. The van der Waals surface area contributed by atoms with Gasteiger partial charge in [0.15, 0.2) is 5.78 Å². The number of rotatable bonds is 4. The summed E-state index contributed by atoms with van der Waals surface area (Å²) >= 11 is 0. The highest BCUT2D eigenvalue weighted by Gasteiger charge is 1.88. The Kier molecular flexibility index (Phi) is 5.17. The second-order valence-corrected chi connectivity index (χ2v) is 2.27. The van der Waals surface area contributed by atoms with Gasteiger partial charge in [0.2, 0.25) is 0 Å². The van der Waals surface area contributed by atoms with Crippen molar-refractivity contribution in [1.29, 1.82) is 0 Å². The molecule has 11 heavy (non-hydrogen) atoms. The topological polar surface area (TPSA) is 29.1 Å². The molecule has 0 heterocycles. The van der Waals surface area contributed by atoms with Gasteiger partial charge in [-0.3, -0.25) is 4.79 Å². The molecule has 0 aromatic carbocycles. The first-order chi connectivity index (χ1) is 5.20. The Balaban J connectivity index is 4.16. The SMILES string of the molecule is CC/C=C/C(=C/C(C)=O)NC. The van der Waals surface area contributed by atoms with E-state index in [-0.39, 0.29) is 5.78 Å². The van der Waals surface area contributed by atoms with E-state index in [1.165, 1.54) is 6.92 Å². The number of carbonyl (C=O) groups is 1. The molecule has 0 fully saturated rings. The van der Waals surface area contributed by atoms with Crippen molar-refractivity contribution in [2.45, 2.75) is 20.3 Å². The van der Waals surface area contributed by atoms with E-state index >= 15 is 0 Å². The molecule has 0 aromatic heterocycles. The molecule has 0 unspecified atom stereocenters. The summed E-state index contributed by atoms with van der Waals surface area (Å²) in [5.74, 6) is 0.0649. The van der Waals surface area contributed by atoms with Crippen molar-refractivity contribution in [2.75, 3.05) is 7.05 Å². The molecule has 0 radical (unpaired) electrons. The zero-order valence-electron chi connectivity index (χ0n) is 7.35. The molecule has 0 amide bonds. The highest BCUT2D eigenvalue weighted by molar-refractivity contribution is 5.88. The van der Waals surface area contributed by atoms with Gasteiger partial charge in [-0.05, 0) is 19.4 Å². The van der Waals surface area contributed by atoms with E-state index < -0.39 is 0 Å². The van der Waals surface area contributed by atoms with Gasteiger partial charge in [0.05, 0.1) is 0 Å². The molecule has 1 N–H and O–H groups in total. The van der Waals surface area contributed by atoms with Crippen molar-refractivity contribution in [1.82, 2.24) is 5.32 Å². The first-order valence-electron chi connectivity index (χ1n) is 3.77. The van der Waals surface area contributed by atoms with Crippen LogP contribution >= 0.6 is 0 Å². The van der Waals surface area contributed by atoms with Crippen LogP contribution in [0.3, 0.4) is 0 Å². The standard InChI is InChI=1S/C9H15NO/c1-4-5-6-9(10-3)7-8(2)11/h5-7,10H,4H2,1-3H3/b6-5+,9-7-. The van der Waals surface area contributed by atoms with Crippen LogP contribution in [0.1, 0.15) is 20.3 Å². The molecular formula is C9H15NO. The molecule has 0 saturated heterocycles. The quantitative estimate of drug-likeness (QED) is 0.491. The summed E-state index contributed by atoms with van der Waals surface area (Å²) in [7, 11) is 1.80. The fourth-order valence-corrected chi connectivity index (χ4v) is 0.667. The van der Waals surface area contributed by atoms with Gasteiger partial charge in [0.1, 0.15) is 0 Å². The van der Waals surface area contributed by atoms with Gasteiger partial charge in [0.25, 0.3) is 0 Å². The number of ketones is 1. The normalized spacial score (nSPS) is 12.1. The van der Waals surface area contributed by atoms with Crippen molar-refractivity contribution in [3.05, 3.63) is 23.9 Å². The highest BCUT2D eigenvalue weighted by Crippen LogP contribution is 1.92. The molecule has 0 aliphatic carbocycles. The maximum atomic E-state index is 10.6. The molecule has 0 aliphatic rings. The predicted molar refractivity (Wildman–Crippen MR) is 47.3 cm³/mol. The molecule has 0 atom stereocenters. The zero-order chi connectivity index (χ0) is 8.69. The first-order valence-corrected chi connectivity index (χ1v) is 3.77. The molecule has 0 spiro atoms. The molecule has 0 aliphatic heterocycles. The second-order valence-electron chi connectivity index (χ2n) is 2.27. The van der Waals surface area contributed by atoms with Crippen molar-refractivity contribution in [3.63, 3.8) is 0 Å². The summed E-state index contributed by atoms with van der Waals surface area (Å²) in [4.78, 5) is 10.6. The van der Waals surface area contributed by atoms with Gasteiger partial charge < -0.3 is 5.32 Å². The number of hydrogen-bond donors (Lipinski definition) is 1. The van der Waals surface area contributed by atoms with Crippen LogP contribution in [0.5, 0.6) is 0 Å². The van der Waals surface area contributed by atoms with Gasteiger partial charge in [-0.2, -0.15) is 0 Å². The lowest BCUT2D eigenvalue weighted by Crippen LogP contribution is -2.04. The van der Waals surface area contributed by atoms with Gasteiger partial charge in [-0.25, -0.2) is 0 Å². The predicted octanol–water partition coefficient (Wildman–Crippen LogP) is 1.64. The number of carbonyl (C=O) groups excluding carboxylic acids is 1. The number of likely N-dealkylation sites (N-methyl/N-ethyl adjacent to an activating group) is 1. The van der Waals surface area contributed by atoms with Crippen molar-refractivity contribution in [3.8, 4) is 0 Å². The average molecular weight is 153 g/mol. The Hall–Kier alpha value is -1.05. The Morgan fingerprint density at radius 2 is 2.18 bits per heavy atom. The fraction of sp³-hybridized carbons (Fsp3) is 0.444. The molecule has 0 bridgehead atoms. The van der Waals surface area contributed by atoms with E-state index in [2.05, 4.69) is 12.2 Å². The van der Waals surface area contributed by atoms with Crippen molar-refractivity contribution >= 4 is 5.78 Å². The van der Waals surface area contributed by atoms with Crippen LogP contribution < -0.4 is 5.32 Å². The third-order valence-corrected chi connectivity index (χ3v) is 1.18. The van der Waals surface area contributed by atoms with Crippen LogP contribution in [0, 0.1) is 0 Å². The minimum atomic E-state index is 0.0649. The van der Waals surface area contributed by atoms with Gasteiger partial charge in [-0.15, -0.1) is 0 Å². The lowest BCUT2D eigenvalue weighted by molar-refractivity contribution is -0.112. The summed E-state index contributed by atoms with van der Waals surface area (Å²) in [6, 6.07) is 0. The Labute approximate surface area is 68.0 Å². The smallest absolute Gasteiger partial charge is 0.154 e. The van der Waals surface area contributed by atoms with E-state index in [4.69, 9.17) is 0 Å². The molecule has 2 heteroatoms. The minimum Gasteiger partial charge on any atom is -0.388 e. The van der Waals surface area contributed by atoms with E-state index in [1.807, 2.05) is 12.2 Å². The van der Waals surface area contributed by atoms with Gasteiger partial charge in [0, 0.05) is 18.8 Å². The lowest BCUT2D eigenvalue weighted by Gasteiger charge is -1.97. The summed E-state index contributed by atoms with van der Waals surface area (Å²) in [6.45, 7) is 3.59. The molecular weight excluding hydrogens is 138 g/mol. The number of allylic oxidation sites excluding steroid dienone is 3. The van der Waals surface area contributed by atoms with Crippen LogP contribution in [0.4, 0.5) is 0 Å². The van der Waals surface area contributed by atoms with Crippen LogP contribution in [0.2, 0.25) is 0 Å². The van der Waals surface area contributed by atoms with Crippen molar-refractivity contribution in [2.24, 2.45) is 0 Å². The first kappa shape index (κ1) is 9.95. The summed E-state index contributed by atoms with van der Waals surface area (Å²) in [6.07, 6.45) is 6.47. The third kappa shape index (κ3) is 5.40. The largest absolute Gasteiger partial charge is 0.388 e. The van der Waals surface area contributed by atoms with Crippen LogP contribution in [0.15, 0.2) is 23.9 Å². The lowest BCUT2D eigenvalue weighted by atomic mass is 10.3. The Morgan fingerprint density at radius 1 is 1.55 bits per heavy atom. The van der Waals surface area contributed by atoms with Crippen LogP contribution in [0.25, 0.3) is 0 Å². The van der Waals surface area contributed by atoms with E-state index in [0.717, 1.165) is 12.1 Å². The maximum Gasteiger partial charge on any atom is 0.154 e. The molecule has 0 saturated carbocycles. The summed E-state index contributed by atoms with van der Waals surface area (Å²) in [5.41, 5.74) is 0.861. The monoisotopic (exact) mass is 153 g/mol. The minimum absolute atomic E-state index is 0.0649. The molecule has 62 valence electrons. The highest BCUT2D eigenvalue weighted by atomic mass is 16.1. The zero-order valence-corrected chi connectivity index (χ0v) is 7.35. The van der Waals surface area contributed by atoms with E-state index in [9.17, 15) is 4.79 Å². The summed E-state index contributed by atoms with van der Waals surface area (Å²) in [5, 5.41) is 2.92. The van der Waals surface area contributed by atoms with Crippen LogP contribution in [-0.2, 0) is 4.79 Å². The average Bonchev–Trinajstić information content (AvgIpc) is 1.97. The molecule has 2 nitrogen and oxygen atoms in total. The third-order valence-electron chi connectivity index (χ3n) is 1.18. The summed E-state index contributed by atoms with van der Waals surface area (Å²) < 4.78 is 0. The fourth-order valence-electron chi connectivity index (χ4n) is 0.667. The van der Waals surface area contributed by atoms with E-state index in [0.29, 0.717) is 0 Å². The van der Waals surface area contributed by atoms with Gasteiger partial charge >= 0.3 is 0 Å². The number of nitrogens with one attached hydrogen (secondary N) is 1. The van der Waals surface area contributed by atoms with E-state index in [1.54, 1.807) is 13.1 Å². The van der Waals surface area contributed by atoms with Gasteiger partial charge in [-0.1, -0.05) is 13.0 Å². The Bertz CT molecular complexity index is 180. The van der Waals surface area contributed by atoms with Crippen LogP contribution in [-0.4, -0.2) is 12.8 Å². The second kappa shape index (κ2) is 5.71. The maximum absolute atomic E-state index is 10.6. The number of hydrogen-bond acceptors (Lipinski definition) is 2.